The molecule has 4 aliphatic carbocycles. The lowest BCUT2D eigenvalue weighted by Crippen LogP contribution is -2.43. The first-order valence-electron chi connectivity index (χ1n) is 14.1. The summed E-state index contributed by atoms with van der Waals surface area (Å²) in [5.41, 5.74) is 2.38. The zero-order chi connectivity index (χ0) is 29.0. The number of ether oxygens (including phenoxy) is 2. The number of fused-ring (bicyclic) bond motifs is 3. The molecule has 4 atom stereocenters. The Morgan fingerprint density at radius 3 is 2.32 bits per heavy atom. The van der Waals surface area contributed by atoms with Crippen LogP contribution in [-0.4, -0.2) is 53.6 Å². The summed E-state index contributed by atoms with van der Waals surface area (Å²) in [7, 11) is 2.89. The number of benzene rings is 1. The van der Waals surface area contributed by atoms with Crippen LogP contribution in [0.25, 0.3) is 6.08 Å². The number of carbonyl (C=O) groups is 4. The smallest absolute Gasteiger partial charge is 0.233 e. The number of phenols is 1. The summed E-state index contributed by atoms with van der Waals surface area (Å²) in [6.45, 7) is 0. The maximum atomic E-state index is 14.0. The predicted molar refractivity (Wildman–Crippen MR) is 154 cm³/mol. The molecule has 1 aromatic rings. The Hall–Kier alpha value is -3.46. The molecule has 9 heteroatoms. The number of methoxy groups -OCH3 is 2. The van der Waals surface area contributed by atoms with E-state index in [0.717, 1.165) is 37.7 Å². The molecule has 1 heterocycles. The van der Waals surface area contributed by atoms with Gasteiger partial charge in [-0.1, -0.05) is 43.1 Å². The molecule has 0 aromatic heterocycles. The Balaban J connectivity index is 1.41. The molecular formula is C32H32BrNO7. The summed E-state index contributed by atoms with van der Waals surface area (Å²) in [6, 6.07) is 3.25. The number of ketones is 2. The average Bonchev–Trinajstić information content (AvgIpc) is 3.24. The van der Waals surface area contributed by atoms with E-state index in [-0.39, 0.29) is 63.5 Å². The molecule has 1 N–H and O–H groups in total. The van der Waals surface area contributed by atoms with Gasteiger partial charge in [-0.3, -0.25) is 24.1 Å². The van der Waals surface area contributed by atoms with E-state index in [1.54, 1.807) is 23.1 Å². The standard InChI is InChI=1S/C32H32BrNO7/c1-40-25-12-16(13-26(41-2)30(25)37)8-9-19-18-10-11-20-28(32(39)34(31(20)38)17-6-4-3-5-7-17)21(18)14-22-27(19)24(35)15-23(33)29(22)36/h8-10,12-13,15,17,19-21,28,37H,3-7,11,14H2,1-2H3/t19-,20-,21+,28-/m0/s1. The number of Topliss-reactive ketones (excluding diaryl/α,β-unsaturated/α-hetero) is 1. The van der Waals surface area contributed by atoms with E-state index in [2.05, 4.69) is 15.9 Å². The summed E-state index contributed by atoms with van der Waals surface area (Å²) < 4.78 is 10.8. The lowest BCUT2D eigenvalue weighted by molar-refractivity contribution is -0.143. The van der Waals surface area contributed by atoms with Gasteiger partial charge in [0.25, 0.3) is 0 Å². The topological polar surface area (TPSA) is 110 Å². The van der Waals surface area contributed by atoms with Crippen LogP contribution in [0.4, 0.5) is 0 Å². The van der Waals surface area contributed by atoms with Gasteiger partial charge in [0.15, 0.2) is 23.1 Å². The number of allylic oxidation sites excluding steroid dienone is 7. The fourth-order valence-corrected chi connectivity index (χ4v) is 7.87. The van der Waals surface area contributed by atoms with E-state index in [4.69, 9.17) is 9.47 Å². The van der Waals surface area contributed by atoms with Gasteiger partial charge in [0.1, 0.15) is 0 Å². The van der Waals surface area contributed by atoms with E-state index in [1.807, 2.05) is 12.2 Å². The zero-order valence-corrected chi connectivity index (χ0v) is 24.6. The number of amides is 2. The van der Waals surface area contributed by atoms with Gasteiger partial charge in [-0.25, -0.2) is 0 Å². The lowest BCUT2D eigenvalue weighted by Gasteiger charge is -2.41. The van der Waals surface area contributed by atoms with Crippen molar-refractivity contribution in [1.29, 1.82) is 0 Å². The van der Waals surface area contributed by atoms with Gasteiger partial charge in [0, 0.05) is 29.2 Å². The Morgan fingerprint density at radius 2 is 1.66 bits per heavy atom. The number of likely N-dealkylation sites (tertiary alicyclic amines) is 1. The number of phenolic OH excluding ortho intramolecular Hbond substituents is 1. The zero-order valence-electron chi connectivity index (χ0n) is 23.0. The minimum absolute atomic E-state index is 0.0544. The second-order valence-corrected chi connectivity index (χ2v) is 12.3. The molecule has 5 aliphatic rings. The molecule has 0 bridgehead atoms. The van der Waals surface area contributed by atoms with Crippen LogP contribution >= 0.6 is 15.9 Å². The Bertz CT molecular complexity index is 1450. The molecule has 1 saturated carbocycles. The van der Waals surface area contributed by atoms with Crippen LogP contribution in [0, 0.1) is 23.7 Å². The van der Waals surface area contributed by atoms with E-state index in [0.29, 0.717) is 23.1 Å². The summed E-state index contributed by atoms with van der Waals surface area (Å²) in [6.07, 6.45) is 12.5. The Kier molecular flexibility index (Phi) is 7.26. The van der Waals surface area contributed by atoms with Gasteiger partial charge in [-0.05, 0) is 65.2 Å². The summed E-state index contributed by atoms with van der Waals surface area (Å²) in [5.74, 6) is -2.27. The molecule has 2 fully saturated rings. The second-order valence-electron chi connectivity index (χ2n) is 11.4. The molecule has 0 spiro atoms. The van der Waals surface area contributed by atoms with E-state index in [1.165, 1.54) is 20.3 Å². The molecule has 0 radical (unpaired) electrons. The SMILES string of the molecule is COc1cc(C=C[C@H]2C3=CC[C@@H]4C(=O)N(C5CCCCC5)C(=O)[C@@H]4[C@@H]3CC3=C2C(=O)C=C(Br)C3=O)cc(OC)c1O. The van der Waals surface area contributed by atoms with Crippen molar-refractivity contribution in [3.63, 3.8) is 0 Å². The minimum atomic E-state index is -0.546. The fourth-order valence-electron chi connectivity index (χ4n) is 7.43. The summed E-state index contributed by atoms with van der Waals surface area (Å²) in [4.78, 5) is 55.8. The molecule has 8 nitrogen and oxygen atoms in total. The molecule has 1 aromatic carbocycles. The van der Waals surface area contributed by atoms with Crippen LogP contribution in [0.5, 0.6) is 17.2 Å². The van der Waals surface area contributed by atoms with Crippen LogP contribution in [0.3, 0.4) is 0 Å². The van der Waals surface area contributed by atoms with Crippen LogP contribution in [-0.2, 0) is 19.2 Å². The summed E-state index contributed by atoms with van der Waals surface area (Å²) in [5, 5.41) is 10.3. The van der Waals surface area contributed by atoms with Gasteiger partial charge >= 0.3 is 0 Å². The summed E-state index contributed by atoms with van der Waals surface area (Å²) >= 11 is 3.26. The highest BCUT2D eigenvalue weighted by Crippen LogP contribution is 2.53. The molecule has 1 saturated heterocycles. The third-order valence-electron chi connectivity index (χ3n) is 9.34. The number of rotatable bonds is 5. The maximum Gasteiger partial charge on any atom is 0.233 e. The van der Waals surface area contributed by atoms with E-state index >= 15 is 0 Å². The number of hydrogen-bond donors (Lipinski definition) is 1. The highest BCUT2D eigenvalue weighted by molar-refractivity contribution is 9.12. The highest BCUT2D eigenvalue weighted by Gasteiger charge is 2.57. The Labute approximate surface area is 246 Å². The van der Waals surface area contributed by atoms with Crippen molar-refractivity contribution < 1.29 is 33.8 Å². The van der Waals surface area contributed by atoms with Crippen molar-refractivity contribution in [2.24, 2.45) is 23.7 Å². The van der Waals surface area contributed by atoms with Crippen LogP contribution in [0.2, 0.25) is 0 Å². The van der Waals surface area contributed by atoms with Crippen molar-refractivity contribution in [3.05, 3.63) is 57.1 Å². The van der Waals surface area contributed by atoms with Gasteiger partial charge < -0.3 is 14.6 Å². The largest absolute Gasteiger partial charge is 0.502 e. The Morgan fingerprint density at radius 1 is 0.976 bits per heavy atom. The maximum absolute atomic E-state index is 14.0. The highest BCUT2D eigenvalue weighted by atomic mass is 79.9. The first-order valence-corrected chi connectivity index (χ1v) is 14.9. The number of nitrogens with zero attached hydrogens (tertiary/aromatic N) is 1. The lowest BCUT2D eigenvalue weighted by atomic mass is 9.61. The molecule has 0 unspecified atom stereocenters. The number of carbonyl (C=O) groups excluding carboxylic acids is 4. The first kappa shape index (κ1) is 27.7. The van der Waals surface area contributed by atoms with Gasteiger partial charge in [0.2, 0.25) is 17.6 Å². The third-order valence-corrected chi connectivity index (χ3v) is 9.93. The second kappa shape index (κ2) is 10.7. The van der Waals surface area contributed by atoms with Crippen LogP contribution < -0.4 is 9.47 Å². The quantitative estimate of drug-likeness (QED) is 0.278. The van der Waals surface area contributed by atoms with Crippen molar-refractivity contribution in [1.82, 2.24) is 4.90 Å². The third kappa shape index (κ3) is 4.49. The molecule has 6 rings (SSSR count). The minimum Gasteiger partial charge on any atom is -0.502 e. The predicted octanol–water partition coefficient (Wildman–Crippen LogP) is 5.05. The van der Waals surface area contributed by atoms with E-state index < -0.39 is 17.8 Å². The molecule has 2 amide bonds. The van der Waals surface area contributed by atoms with Crippen molar-refractivity contribution >= 4 is 45.4 Å². The van der Waals surface area contributed by atoms with E-state index in [9.17, 15) is 24.3 Å². The number of hydrogen-bond acceptors (Lipinski definition) is 7. The first-order chi connectivity index (χ1) is 19.7. The monoisotopic (exact) mass is 621 g/mol. The molecule has 41 heavy (non-hydrogen) atoms. The van der Waals surface area contributed by atoms with Crippen LogP contribution in [0.1, 0.15) is 50.5 Å². The number of halogens is 1. The van der Waals surface area contributed by atoms with Gasteiger partial charge in [-0.15, -0.1) is 0 Å². The number of aromatic hydroxyl groups is 1. The molecule has 214 valence electrons. The van der Waals surface area contributed by atoms with Crippen molar-refractivity contribution in [2.45, 2.75) is 51.0 Å². The fraction of sp³-hybridized carbons (Fsp3) is 0.438. The molecular weight excluding hydrogens is 590 g/mol. The van der Waals surface area contributed by atoms with Crippen LogP contribution in [0.15, 0.2) is 51.6 Å². The van der Waals surface area contributed by atoms with Crippen molar-refractivity contribution in [2.75, 3.05) is 14.2 Å². The molecule has 1 aliphatic heterocycles. The van der Waals surface area contributed by atoms with Gasteiger partial charge in [0.05, 0.1) is 30.5 Å². The van der Waals surface area contributed by atoms with Crippen molar-refractivity contribution in [3.8, 4) is 17.2 Å². The average molecular weight is 623 g/mol. The van der Waals surface area contributed by atoms with Gasteiger partial charge in [-0.2, -0.15) is 0 Å². The number of imide groups is 1. The normalized spacial score (nSPS) is 28.4.